The topological polar surface area (TPSA) is 211 Å². The Kier molecular flexibility index (Phi) is 11.3. The summed E-state index contributed by atoms with van der Waals surface area (Å²) in [7, 11) is -4.13. The van der Waals surface area contributed by atoms with Crippen LogP contribution in [0.2, 0.25) is 0 Å². The number of carbonyl (C=O) groups is 2. The van der Waals surface area contributed by atoms with Gasteiger partial charge in [-0.05, 0) is 48.5 Å². The Bertz CT molecular complexity index is 1260. The fraction of sp³-hybridized carbons (Fsp3) is 0.720. The predicted molar refractivity (Wildman–Crippen MR) is 151 cm³/mol. The Morgan fingerprint density at radius 1 is 1.10 bits per heavy atom. The maximum Gasteiger partial charge on any atom is 0.342 e. The summed E-state index contributed by atoms with van der Waals surface area (Å²) < 4.78 is 43.3. The lowest BCUT2D eigenvalue weighted by molar-refractivity contribution is -0.149. The molecule has 16 nitrogen and oxygen atoms in total. The molecular formula is C25H42N7O9P. The minimum absolute atomic E-state index is 0.0212. The molecule has 42 heavy (non-hydrogen) atoms. The van der Waals surface area contributed by atoms with Crippen molar-refractivity contribution in [3.63, 3.8) is 0 Å². The lowest BCUT2D eigenvalue weighted by Crippen LogP contribution is -2.44. The molecule has 2 aromatic heterocycles. The number of aromatic nitrogens is 4. The van der Waals surface area contributed by atoms with Crippen molar-refractivity contribution < 1.29 is 42.7 Å². The summed E-state index contributed by atoms with van der Waals surface area (Å²) in [6, 6.07) is -2.13. The lowest BCUT2D eigenvalue weighted by atomic mass is 10.0. The van der Waals surface area contributed by atoms with Gasteiger partial charge in [-0.25, -0.2) is 15.2 Å². The molecule has 0 bridgehead atoms. The average Bonchev–Trinajstić information content (AvgIpc) is 3.42. The summed E-state index contributed by atoms with van der Waals surface area (Å²) in [4.78, 5) is 37.6. The van der Waals surface area contributed by atoms with Crippen molar-refractivity contribution in [2.24, 2.45) is 5.92 Å². The van der Waals surface area contributed by atoms with Gasteiger partial charge in [-0.15, -0.1) is 0 Å². The van der Waals surface area contributed by atoms with E-state index >= 15 is 0 Å². The van der Waals surface area contributed by atoms with Gasteiger partial charge in [0.15, 0.2) is 11.2 Å². The minimum atomic E-state index is -4.13. The number of hydrogen-bond donors (Lipinski definition) is 4. The molecule has 3 heterocycles. The third kappa shape index (κ3) is 8.14. The molecular weight excluding hydrogens is 573 g/mol. The van der Waals surface area contributed by atoms with Crippen LogP contribution in [0, 0.1) is 5.92 Å². The maximum absolute atomic E-state index is 13.9. The zero-order chi connectivity index (χ0) is 31.4. The van der Waals surface area contributed by atoms with Crippen LogP contribution < -0.4 is 20.6 Å². The van der Waals surface area contributed by atoms with Crippen molar-refractivity contribution >= 4 is 36.7 Å². The first-order valence-corrected chi connectivity index (χ1v) is 15.5. The number of nitrogens with zero attached hydrogens (tertiary/aromatic N) is 4. The van der Waals surface area contributed by atoms with Gasteiger partial charge in [-0.1, -0.05) is 6.92 Å². The van der Waals surface area contributed by atoms with Crippen LogP contribution in [0.25, 0.3) is 11.2 Å². The molecule has 0 radical (unpaired) electrons. The Morgan fingerprint density at radius 3 is 2.19 bits per heavy atom. The third-order valence-corrected chi connectivity index (χ3v) is 8.17. The third-order valence-electron chi connectivity index (χ3n) is 6.20. The Morgan fingerprint density at radius 2 is 1.67 bits per heavy atom. The fourth-order valence-corrected chi connectivity index (χ4v) is 6.06. The van der Waals surface area contributed by atoms with E-state index in [4.69, 9.17) is 29.2 Å². The molecule has 17 heteroatoms. The number of ether oxygens (including phenoxy) is 4. The smallest absolute Gasteiger partial charge is 0.342 e. The zero-order valence-corrected chi connectivity index (χ0v) is 26.0. The lowest BCUT2D eigenvalue weighted by Gasteiger charge is -2.27. The van der Waals surface area contributed by atoms with Gasteiger partial charge in [-0.2, -0.15) is 9.97 Å². The summed E-state index contributed by atoms with van der Waals surface area (Å²) in [6.07, 6.45) is -2.09. The van der Waals surface area contributed by atoms with Crippen LogP contribution in [-0.2, 0) is 32.9 Å². The van der Waals surface area contributed by atoms with E-state index < -0.39 is 68.3 Å². The van der Waals surface area contributed by atoms with Crippen LogP contribution in [0.15, 0.2) is 6.33 Å². The second-order valence-corrected chi connectivity index (χ2v) is 12.5. The fourth-order valence-electron chi connectivity index (χ4n) is 4.25. The highest BCUT2D eigenvalue weighted by Gasteiger charge is 2.44. The number of carbonyl (C=O) groups excluding carboxylic acids is 2. The van der Waals surface area contributed by atoms with Crippen molar-refractivity contribution in [1.29, 1.82) is 0 Å². The van der Waals surface area contributed by atoms with Crippen molar-refractivity contribution in [1.82, 2.24) is 29.7 Å². The number of nitrogens with two attached hydrogens (primary N) is 1. The number of hydrogen-bond acceptors (Lipinski definition) is 13. The van der Waals surface area contributed by atoms with Crippen LogP contribution in [-0.4, -0.2) is 86.3 Å². The van der Waals surface area contributed by atoms with Crippen LogP contribution in [0.1, 0.15) is 61.6 Å². The van der Waals surface area contributed by atoms with Gasteiger partial charge in [-0.3, -0.25) is 18.7 Å². The number of nitrogen functional groups attached to an aromatic ring is 1. The van der Waals surface area contributed by atoms with Gasteiger partial charge in [0.05, 0.1) is 37.9 Å². The number of aliphatic hydroxyl groups is 1. The van der Waals surface area contributed by atoms with E-state index in [0.29, 0.717) is 17.8 Å². The van der Waals surface area contributed by atoms with E-state index in [2.05, 4.69) is 25.1 Å². The number of fused-ring (bicyclic) bond motifs is 1. The molecule has 2 aromatic rings. The van der Waals surface area contributed by atoms with Gasteiger partial charge < -0.3 is 34.3 Å². The van der Waals surface area contributed by atoms with Crippen LogP contribution in [0.3, 0.4) is 0 Å². The monoisotopic (exact) mass is 615 g/mol. The molecule has 236 valence electrons. The average molecular weight is 616 g/mol. The van der Waals surface area contributed by atoms with Gasteiger partial charge in [0.25, 0.3) is 0 Å². The van der Waals surface area contributed by atoms with Gasteiger partial charge in [0.2, 0.25) is 11.8 Å². The molecule has 1 saturated heterocycles. The van der Waals surface area contributed by atoms with E-state index in [1.54, 1.807) is 46.1 Å². The highest BCUT2D eigenvalue weighted by molar-refractivity contribution is 7.54. The molecule has 0 spiro atoms. The van der Waals surface area contributed by atoms with Crippen LogP contribution in [0.5, 0.6) is 5.88 Å². The highest BCUT2D eigenvalue weighted by atomic mass is 31.2. The molecule has 7 atom stereocenters. The Hall–Kier alpha value is -2.88. The van der Waals surface area contributed by atoms with Crippen molar-refractivity contribution in [3.8, 4) is 5.88 Å². The van der Waals surface area contributed by atoms with E-state index in [1.165, 1.54) is 20.2 Å². The molecule has 2 unspecified atom stereocenters. The second kappa shape index (κ2) is 14.1. The summed E-state index contributed by atoms with van der Waals surface area (Å²) in [6.45, 7) is 13.2. The number of esters is 2. The molecule has 0 amide bonds. The number of rotatable bonds is 14. The largest absolute Gasteiger partial charge is 0.476 e. The van der Waals surface area contributed by atoms with E-state index in [1.807, 2.05) is 0 Å². The van der Waals surface area contributed by atoms with Crippen LogP contribution in [0.4, 0.5) is 5.95 Å². The first kappa shape index (κ1) is 33.6. The van der Waals surface area contributed by atoms with E-state index in [9.17, 15) is 19.3 Å². The molecule has 1 fully saturated rings. The first-order chi connectivity index (χ1) is 19.7. The summed E-state index contributed by atoms with van der Waals surface area (Å²) in [5.41, 5.74) is 6.60. The second-order valence-electron chi connectivity index (χ2n) is 10.6. The normalized spacial score (nSPS) is 23.6. The summed E-state index contributed by atoms with van der Waals surface area (Å²) >= 11 is 0. The molecule has 1 aliphatic heterocycles. The molecule has 0 aliphatic carbocycles. The quantitative estimate of drug-likeness (QED) is 0.176. The van der Waals surface area contributed by atoms with Crippen molar-refractivity contribution in [2.75, 3.05) is 18.9 Å². The SMILES string of the molecule is CCOc1nc(N)nc2c1ncn2C1O[C@H](COP(=O)(N[C@@H](C)C(=O)OC(C)C)N[C@H](C)C(=O)OC(C)C)[C@@H](O)[C@@H]1C. The van der Waals surface area contributed by atoms with Crippen LogP contribution >= 0.6 is 7.67 Å². The van der Waals surface area contributed by atoms with Crippen molar-refractivity contribution in [2.45, 2.75) is 98.1 Å². The number of anilines is 1. The molecule has 1 aliphatic rings. The summed E-state index contributed by atoms with van der Waals surface area (Å²) in [5.74, 6) is -1.62. The molecule has 0 saturated carbocycles. The number of imidazole rings is 1. The maximum atomic E-state index is 13.9. The van der Waals surface area contributed by atoms with E-state index in [-0.39, 0.29) is 18.4 Å². The first-order valence-electron chi connectivity index (χ1n) is 13.8. The Labute approximate surface area is 244 Å². The minimum Gasteiger partial charge on any atom is -0.476 e. The van der Waals surface area contributed by atoms with Crippen molar-refractivity contribution in [3.05, 3.63) is 6.33 Å². The number of nitrogens with one attached hydrogen (secondary N) is 2. The Balaban J connectivity index is 1.80. The van der Waals surface area contributed by atoms with Gasteiger partial charge in [0, 0.05) is 5.92 Å². The van der Waals surface area contributed by atoms with E-state index in [0.717, 1.165) is 0 Å². The molecule has 0 aromatic carbocycles. The standard InChI is InChI=1S/C25H42N7O9P/c1-9-37-21-18-20(28-25(26)29-21)32(11-27-18)22-14(6)19(33)17(41-22)10-38-42(36,30-15(7)23(34)39-12(2)3)31-16(8)24(35)40-13(4)5/h11-17,19,22,33H,9-10H2,1-8H3,(H2,26,28,29)(H2,30,31,36)/t14-,15-,16+,17+,19-,22?,42?/m0/s1. The van der Waals surface area contributed by atoms with Gasteiger partial charge >= 0.3 is 19.6 Å². The molecule has 5 N–H and O–H groups in total. The summed E-state index contributed by atoms with van der Waals surface area (Å²) in [5, 5.41) is 16.3. The predicted octanol–water partition coefficient (Wildman–Crippen LogP) is 1.69. The van der Waals surface area contributed by atoms with Gasteiger partial charge in [0.1, 0.15) is 24.4 Å². The number of aliphatic hydroxyl groups excluding tert-OH is 1. The highest BCUT2D eigenvalue weighted by Crippen LogP contribution is 2.43. The zero-order valence-electron chi connectivity index (χ0n) is 25.1. The molecule has 3 rings (SSSR count).